The van der Waals surface area contributed by atoms with Crippen LogP contribution in [0.3, 0.4) is 0 Å². The van der Waals surface area contributed by atoms with E-state index in [0.29, 0.717) is 13.1 Å². The Balaban J connectivity index is 1.81. The van der Waals surface area contributed by atoms with Crippen molar-refractivity contribution in [3.05, 3.63) is 58.5 Å². The van der Waals surface area contributed by atoms with E-state index in [1.807, 2.05) is 32.2 Å². The van der Waals surface area contributed by atoms with Crippen molar-refractivity contribution in [2.45, 2.75) is 32.7 Å². The first-order valence-corrected chi connectivity index (χ1v) is 8.74. The number of anilines is 1. The zero-order valence-corrected chi connectivity index (χ0v) is 14.9. The molecule has 0 saturated heterocycles. The van der Waals surface area contributed by atoms with Crippen molar-refractivity contribution >= 4 is 11.6 Å². The van der Waals surface area contributed by atoms with Crippen LogP contribution in [0.2, 0.25) is 0 Å². The fraction of sp³-hybridized carbons (Fsp3) is 0.421. The highest BCUT2D eigenvalue weighted by Crippen LogP contribution is 2.10. The number of benzene rings is 1. The summed E-state index contributed by atoms with van der Waals surface area (Å²) in [5.41, 5.74) is 1.26. The lowest BCUT2D eigenvalue weighted by Gasteiger charge is -2.19. The van der Waals surface area contributed by atoms with Crippen LogP contribution < -0.4 is 15.8 Å². The van der Waals surface area contributed by atoms with Crippen LogP contribution in [0.15, 0.2) is 47.3 Å². The van der Waals surface area contributed by atoms with Gasteiger partial charge in [-0.2, -0.15) is 5.10 Å². The Hall–Kier alpha value is -2.63. The van der Waals surface area contributed by atoms with E-state index in [1.54, 1.807) is 0 Å². The third-order valence-corrected chi connectivity index (χ3v) is 3.98. The predicted molar refractivity (Wildman–Crippen MR) is 100 cm³/mol. The van der Waals surface area contributed by atoms with Crippen LogP contribution in [0.5, 0.6) is 0 Å². The van der Waals surface area contributed by atoms with Gasteiger partial charge in [-0.25, -0.2) is 4.68 Å². The maximum atomic E-state index is 12.2. The lowest BCUT2D eigenvalue weighted by atomic mass is 10.3. The van der Waals surface area contributed by atoms with Gasteiger partial charge in [0, 0.05) is 38.4 Å². The molecule has 6 heteroatoms. The minimum atomic E-state index is -0.243. The minimum Gasteiger partial charge on any atom is -0.375 e. The average molecular weight is 342 g/mol. The van der Waals surface area contributed by atoms with E-state index in [9.17, 15) is 9.59 Å². The first kappa shape index (κ1) is 18.7. The number of hydrogen-bond acceptors (Lipinski definition) is 4. The van der Waals surface area contributed by atoms with Crippen molar-refractivity contribution in [3.63, 3.8) is 0 Å². The Labute approximate surface area is 148 Å². The molecule has 1 amide bonds. The zero-order valence-electron chi connectivity index (χ0n) is 14.9. The topological polar surface area (TPSA) is 67.2 Å². The van der Waals surface area contributed by atoms with E-state index >= 15 is 0 Å². The number of aryl methyl sites for hydroxylation is 1. The summed E-state index contributed by atoms with van der Waals surface area (Å²) in [5, 5.41) is 7.02. The van der Waals surface area contributed by atoms with Gasteiger partial charge in [-0.15, -0.1) is 0 Å². The number of carbonyl (C=O) groups excluding carboxylic acids is 1. The average Bonchev–Trinajstić information content (AvgIpc) is 2.65. The summed E-state index contributed by atoms with van der Waals surface area (Å²) in [6, 6.07) is 13.0. The van der Waals surface area contributed by atoms with Crippen LogP contribution >= 0.6 is 0 Å². The zero-order chi connectivity index (χ0) is 18.1. The minimum absolute atomic E-state index is 0.172. The third kappa shape index (κ3) is 5.74. The lowest BCUT2D eigenvalue weighted by molar-refractivity contribution is 0.0945. The van der Waals surface area contributed by atoms with Crippen LogP contribution in [-0.4, -0.2) is 35.8 Å². The van der Waals surface area contributed by atoms with E-state index in [2.05, 4.69) is 27.4 Å². The monoisotopic (exact) mass is 342 g/mol. The number of rotatable bonds is 9. The summed E-state index contributed by atoms with van der Waals surface area (Å²) < 4.78 is 1.36. The normalized spacial score (nSPS) is 10.5. The van der Waals surface area contributed by atoms with Gasteiger partial charge in [-0.05, 0) is 31.0 Å². The molecule has 0 atom stereocenters. The Bertz CT molecular complexity index is 728. The van der Waals surface area contributed by atoms with Gasteiger partial charge in [0.05, 0.1) is 0 Å². The molecule has 6 nitrogen and oxygen atoms in total. The van der Waals surface area contributed by atoms with E-state index in [-0.39, 0.29) is 17.2 Å². The van der Waals surface area contributed by atoms with Crippen molar-refractivity contribution in [2.75, 3.05) is 25.0 Å². The maximum absolute atomic E-state index is 12.2. The van der Waals surface area contributed by atoms with Crippen molar-refractivity contribution in [3.8, 4) is 0 Å². The number of para-hydroxylation sites is 1. The van der Waals surface area contributed by atoms with Crippen LogP contribution in [0, 0.1) is 0 Å². The highest BCUT2D eigenvalue weighted by molar-refractivity contribution is 5.91. The summed E-state index contributed by atoms with van der Waals surface area (Å²) in [5.74, 6) is -0.243. The standard InChI is InChI=1S/C19H26N4O2/c1-3-4-15-23-18(24)12-11-17(21-23)19(25)20-13-8-14-22(2)16-9-6-5-7-10-16/h5-7,9-12H,3-4,8,13-15H2,1-2H3,(H,20,25). The Morgan fingerprint density at radius 2 is 1.92 bits per heavy atom. The SMILES string of the molecule is CCCCn1nc(C(=O)NCCCN(C)c2ccccc2)ccc1=O. The highest BCUT2D eigenvalue weighted by atomic mass is 16.2. The molecule has 0 aliphatic carbocycles. The molecule has 2 aromatic rings. The number of nitrogens with zero attached hydrogens (tertiary/aromatic N) is 3. The first-order chi connectivity index (χ1) is 12.1. The number of hydrogen-bond donors (Lipinski definition) is 1. The molecular weight excluding hydrogens is 316 g/mol. The summed E-state index contributed by atoms with van der Waals surface area (Å²) in [6.45, 7) is 3.99. The lowest BCUT2D eigenvalue weighted by Crippen LogP contribution is -2.31. The Kier molecular flexibility index (Phi) is 7.19. The van der Waals surface area contributed by atoms with Crippen LogP contribution in [0.1, 0.15) is 36.7 Å². The van der Waals surface area contributed by atoms with Gasteiger partial charge in [0.25, 0.3) is 11.5 Å². The van der Waals surface area contributed by atoms with Crippen molar-refractivity contribution in [1.29, 1.82) is 0 Å². The molecule has 0 saturated carbocycles. The van der Waals surface area contributed by atoms with Crippen LogP contribution in [0.4, 0.5) is 5.69 Å². The van der Waals surface area contributed by atoms with Gasteiger partial charge in [-0.1, -0.05) is 31.5 Å². The molecule has 0 bridgehead atoms. The second kappa shape index (κ2) is 9.61. The smallest absolute Gasteiger partial charge is 0.271 e. The molecule has 0 fully saturated rings. The molecule has 25 heavy (non-hydrogen) atoms. The van der Waals surface area contributed by atoms with Crippen molar-refractivity contribution in [1.82, 2.24) is 15.1 Å². The molecule has 1 N–H and O–H groups in total. The number of amides is 1. The predicted octanol–water partition coefficient (Wildman–Crippen LogP) is 2.30. The van der Waals surface area contributed by atoms with Gasteiger partial charge in [-0.3, -0.25) is 9.59 Å². The molecule has 0 radical (unpaired) electrons. The van der Waals surface area contributed by atoms with E-state index in [0.717, 1.165) is 31.5 Å². The molecule has 134 valence electrons. The van der Waals surface area contributed by atoms with Crippen molar-refractivity contribution < 1.29 is 4.79 Å². The van der Waals surface area contributed by atoms with E-state index in [1.165, 1.54) is 16.8 Å². The number of aromatic nitrogens is 2. The second-order valence-electron chi connectivity index (χ2n) is 6.00. The largest absolute Gasteiger partial charge is 0.375 e. The highest BCUT2D eigenvalue weighted by Gasteiger charge is 2.09. The molecule has 1 aromatic heterocycles. The second-order valence-corrected chi connectivity index (χ2v) is 6.00. The first-order valence-electron chi connectivity index (χ1n) is 8.74. The number of unbranched alkanes of at least 4 members (excludes halogenated alkanes) is 1. The molecule has 1 aromatic carbocycles. The molecule has 0 unspecified atom stereocenters. The summed E-state index contributed by atoms with van der Waals surface area (Å²) in [7, 11) is 2.03. The molecule has 1 heterocycles. The fourth-order valence-corrected chi connectivity index (χ4v) is 2.46. The molecule has 0 aliphatic rings. The van der Waals surface area contributed by atoms with Gasteiger partial charge < -0.3 is 10.2 Å². The molecule has 0 aliphatic heterocycles. The van der Waals surface area contributed by atoms with E-state index in [4.69, 9.17) is 0 Å². The van der Waals surface area contributed by atoms with E-state index < -0.39 is 0 Å². The quantitative estimate of drug-likeness (QED) is 0.710. The van der Waals surface area contributed by atoms with Gasteiger partial charge in [0.2, 0.25) is 0 Å². The summed E-state index contributed by atoms with van der Waals surface area (Å²) in [6.07, 6.45) is 2.66. The van der Waals surface area contributed by atoms with Gasteiger partial charge in [0.1, 0.15) is 5.69 Å². The summed E-state index contributed by atoms with van der Waals surface area (Å²) in [4.78, 5) is 26.1. The number of nitrogens with one attached hydrogen (secondary N) is 1. The molecular formula is C19H26N4O2. The van der Waals surface area contributed by atoms with Crippen LogP contribution in [-0.2, 0) is 6.54 Å². The Morgan fingerprint density at radius 3 is 2.64 bits per heavy atom. The molecule has 2 rings (SSSR count). The van der Waals surface area contributed by atoms with Gasteiger partial charge >= 0.3 is 0 Å². The fourth-order valence-electron chi connectivity index (χ4n) is 2.46. The Morgan fingerprint density at radius 1 is 1.16 bits per heavy atom. The van der Waals surface area contributed by atoms with Crippen molar-refractivity contribution in [2.24, 2.45) is 0 Å². The third-order valence-electron chi connectivity index (χ3n) is 3.98. The molecule has 0 spiro atoms. The number of carbonyl (C=O) groups is 1. The maximum Gasteiger partial charge on any atom is 0.271 e. The summed E-state index contributed by atoms with van der Waals surface area (Å²) >= 11 is 0. The van der Waals surface area contributed by atoms with Gasteiger partial charge in [0.15, 0.2) is 0 Å². The van der Waals surface area contributed by atoms with Crippen LogP contribution in [0.25, 0.3) is 0 Å².